The van der Waals surface area contributed by atoms with E-state index in [-0.39, 0.29) is 0 Å². The molecule has 0 aliphatic carbocycles. The Morgan fingerprint density at radius 3 is 2.71 bits per heavy atom. The number of hydrogen-bond acceptors (Lipinski definition) is 4. The molecule has 0 unspecified atom stereocenters. The van der Waals surface area contributed by atoms with E-state index in [2.05, 4.69) is 14.8 Å². The summed E-state index contributed by atoms with van der Waals surface area (Å²) in [7, 11) is 1.64. The lowest BCUT2D eigenvalue weighted by Gasteiger charge is -2.35. The first kappa shape index (κ1) is 12.5. The number of aromatic nitrogens is 1. The van der Waals surface area contributed by atoms with Crippen LogP contribution in [0.25, 0.3) is 0 Å². The van der Waals surface area contributed by atoms with Gasteiger partial charge in [0.25, 0.3) is 0 Å². The second-order valence-electron chi connectivity index (χ2n) is 4.06. The van der Waals surface area contributed by atoms with Gasteiger partial charge in [-0.15, -0.1) is 11.6 Å². The van der Waals surface area contributed by atoms with Gasteiger partial charge in [-0.2, -0.15) is 4.98 Å². The number of nitrogens with zero attached hydrogens (tertiary/aromatic N) is 3. The number of piperazine rings is 1. The molecule has 4 nitrogen and oxygen atoms in total. The molecule has 0 amide bonds. The van der Waals surface area contributed by atoms with E-state index in [1.165, 1.54) is 0 Å². The standard InChI is InChI=1S/C12H18ClN3O/c1-17-12-4-2-3-11(14-12)16-9-7-15(6-5-13)8-10-16/h2-4H,5-10H2,1H3. The van der Waals surface area contributed by atoms with Gasteiger partial charge in [-0.1, -0.05) is 6.07 Å². The molecule has 94 valence electrons. The molecule has 5 heteroatoms. The third-order valence-corrected chi connectivity index (χ3v) is 3.18. The quantitative estimate of drug-likeness (QED) is 0.762. The number of ether oxygens (including phenoxy) is 1. The van der Waals surface area contributed by atoms with Crippen molar-refractivity contribution in [1.29, 1.82) is 0 Å². The van der Waals surface area contributed by atoms with E-state index >= 15 is 0 Å². The summed E-state index contributed by atoms with van der Waals surface area (Å²) in [6.45, 7) is 5.06. The van der Waals surface area contributed by atoms with Crippen LogP contribution in [0.4, 0.5) is 5.82 Å². The highest BCUT2D eigenvalue weighted by Crippen LogP contribution is 2.17. The van der Waals surface area contributed by atoms with Gasteiger partial charge < -0.3 is 9.64 Å². The van der Waals surface area contributed by atoms with Gasteiger partial charge in [0, 0.05) is 44.7 Å². The van der Waals surface area contributed by atoms with Crippen molar-refractivity contribution in [3.63, 3.8) is 0 Å². The van der Waals surface area contributed by atoms with E-state index in [9.17, 15) is 0 Å². The minimum Gasteiger partial charge on any atom is -0.481 e. The average molecular weight is 256 g/mol. The molecular formula is C12H18ClN3O. The molecule has 17 heavy (non-hydrogen) atoms. The van der Waals surface area contributed by atoms with Crippen LogP contribution in [0, 0.1) is 0 Å². The molecule has 1 fully saturated rings. The van der Waals surface area contributed by atoms with E-state index in [0.717, 1.165) is 38.5 Å². The lowest BCUT2D eigenvalue weighted by molar-refractivity contribution is 0.271. The van der Waals surface area contributed by atoms with Crippen LogP contribution in [0.2, 0.25) is 0 Å². The highest BCUT2D eigenvalue weighted by atomic mass is 35.5. The monoisotopic (exact) mass is 255 g/mol. The molecule has 1 aliphatic rings. The first-order valence-electron chi connectivity index (χ1n) is 5.88. The van der Waals surface area contributed by atoms with Crippen LogP contribution in [-0.4, -0.2) is 55.6 Å². The summed E-state index contributed by atoms with van der Waals surface area (Å²) in [6.07, 6.45) is 0. The molecule has 0 atom stereocenters. The van der Waals surface area contributed by atoms with E-state index in [1.54, 1.807) is 7.11 Å². The smallest absolute Gasteiger partial charge is 0.214 e. The van der Waals surface area contributed by atoms with Crippen LogP contribution in [0.5, 0.6) is 5.88 Å². The van der Waals surface area contributed by atoms with E-state index in [4.69, 9.17) is 16.3 Å². The maximum Gasteiger partial charge on any atom is 0.214 e. The lowest BCUT2D eigenvalue weighted by Crippen LogP contribution is -2.47. The van der Waals surface area contributed by atoms with Crippen molar-refractivity contribution in [2.24, 2.45) is 0 Å². The number of methoxy groups -OCH3 is 1. The molecule has 0 aromatic carbocycles. The SMILES string of the molecule is COc1cccc(N2CCN(CCCl)CC2)n1. The van der Waals surface area contributed by atoms with Gasteiger partial charge in [-0.05, 0) is 6.07 Å². The van der Waals surface area contributed by atoms with Crippen LogP contribution in [0.15, 0.2) is 18.2 Å². The van der Waals surface area contributed by atoms with Crippen molar-refractivity contribution in [3.05, 3.63) is 18.2 Å². The highest BCUT2D eigenvalue weighted by Gasteiger charge is 2.17. The number of pyridine rings is 1. The van der Waals surface area contributed by atoms with Crippen molar-refractivity contribution >= 4 is 17.4 Å². The fourth-order valence-electron chi connectivity index (χ4n) is 2.01. The van der Waals surface area contributed by atoms with Gasteiger partial charge in [0.2, 0.25) is 5.88 Å². The van der Waals surface area contributed by atoms with Gasteiger partial charge in [-0.25, -0.2) is 0 Å². The lowest BCUT2D eigenvalue weighted by atomic mass is 10.3. The fraction of sp³-hybridized carbons (Fsp3) is 0.583. The average Bonchev–Trinajstić information content (AvgIpc) is 2.40. The maximum absolute atomic E-state index is 5.74. The zero-order valence-corrected chi connectivity index (χ0v) is 10.9. The highest BCUT2D eigenvalue weighted by molar-refractivity contribution is 6.18. The van der Waals surface area contributed by atoms with Crippen molar-refractivity contribution in [2.75, 3.05) is 50.6 Å². The minimum atomic E-state index is 0.672. The predicted molar refractivity (Wildman–Crippen MR) is 70.2 cm³/mol. The summed E-state index contributed by atoms with van der Waals surface area (Å²) in [5, 5.41) is 0. The molecule has 2 heterocycles. The van der Waals surface area contributed by atoms with E-state index < -0.39 is 0 Å². The summed E-state index contributed by atoms with van der Waals surface area (Å²) in [4.78, 5) is 9.11. The van der Waals surface area contributed by atoms with Crippen LogP contribution in [0.3, 0.4) is 0 Å². The first-order valence-corrected chi connectivity index (χ1v) is 6.41. The van der Waals surface area contributed by atoms with E-state index in [0.29, 0.717) is 11.8 Å². The van der Waals surface area contributed by atoms with Gasteiger partial charge in [0.15, 0.2) is 0 Å². The molecule has 1 aromatic rings. The van der Waals surface area contributed by atoms with Crippen LogP contribution in [-0.2, 0) is 0 Å². The Hall–Kier alpha value is -1.00. The first-order chi connectivity index (χ1) is 8.33. The molecule has 0 spiro atoms. The van der Waals surface area contributed by atoms with Crippen LogP contribution >= 0.6 is 11.6 Å². The van der Waals surface area contributed by atoms with Gasteiger partial charge in [-0.3, -0.25) is 4.90 Å². The molecular weight excluding hydrogens is 238 g/mol. The Labute approximate surface area is 107 Å². The molecule has 2 rings (SSSR count). The Bertz CT molecular complexity index is 353. The van der Waals surface area contributed by atoms with Crippen molar-refractivity contribution in [2.45, 2.75) is 0 Å². The molecule has 1 aliphatic heterocycles. The van der Waals surface area contributed by atoms with Crippen molar-refractivity contribution in [1.82, 2.24) is 9.88 Å². The maximum atomic E-state index is 5.74. The number of halogens is 1. The summed E-state index contributed by atoms with van der Waals surface area (Å²) < 4.78 is 5.14. The Kier molecular flexibility index (Phi) is 4.45. The number of rotatable bonds is 4. The van der Waals surface area contributed by atoms with Crippen molar-refractivity contribution in [3.8, 4) is 5.88 Å². The molecule has 0 bridgehead atoms. The molecule has 0 N–H and O–H groups in total. The third kappa shape index (κ3) is 3.23. The second kappa shape index (κ2) is 6.07. The second-order valence-corrected chi connectivity index (χ2v) is 4.43. The van der Waals surface area contributed by atoms with Crippen LogP contribution in [0.1, 0.15) is 0 Å². The van der Waals surface area contributed by atoms with E-state index in [1.807, 2.05) is 18.2 Å². The van der Waals surface area contributed by atoms with Gasteiger partial charge in [0.05, 0.1) is 7.11 Å². The number of anilines is 1. The fourth-order valence-corrected chi connectivity index (χ4v) is 2.25. The van der Waals surface area contributed by atoms with Gasteiger partial charge >= 0.3 is 0 Å². The molecule has 1 aromatic heterocycles. The predicted octanol–water partition coefficient (Wildman–Crippen LogP) is 1.45. The largest absolute Gasteiger partial charge is 0.481 e. The summed E-state index contributed by atoms with van der Waals surface area (Å²) in [5.74, 6) is 2.37. The third-order valence-electron chi connectivity index (χ3n) is 3.02. The minimum absolute atomic E-state index is 0.672. The number of alkyl halides is 1. The Morgan fingerprint density at radius 2 is 2.06 bits per heavy atom. The molecule has 0 saturated carbocycles. The molecule has 0 radical (unpaired) electrons. The summed E-state index contributed by atoms with van der Waals surface area (Å²) in [6, 6.07) is 5.87. The summed E-state index contributed by atoms with van der Waals surface area (Å²) >= 11 is 5.74. The Morgan fingerprint density at radius 1 is 1.29 bits per heavy atom. The topological polar surface area (TPSA) is 28.6 Å². The van der Waals surface area contributed by atoms with Gasteiger partial charge in [0.1, 0.15) is 5.82 Å². The normalized spacial score (nSPS) is 17.2. The zero-order chi connectivity index (χ0) is 12.1. The number of hydrogen-bond donors (Lipinski definition) is 0. The zero-order valence-electron chi connectivity index (χ0n) is 10.1. The Balaban J connectivity index is 1.95. The van der Waals surface area contributed by atoms with Crippen molar-refractivity contribution < 1.29 is 4.74 Å². The van der Waals surface area contributed by atoms with Crippen LogP contribution < -0.4 is 9.64 Å². The summed E-state index contributed by atoms with van der Waals surface area (Å²) in [5.41, 5.74) is 0. The molecule has 1 saturated heterocycles.